The first-order chi connectivity index (χ1) is 10.5. The van der Waals surface area contributed by atoms with Crippen LogP contribution in [0.15, 0.2) is 6.20 Å². The maximum Gasteiger partial charge on any atom is 0.114 e. The van der Waals surface area contributed by atoms with Gasteiger partial charge in [-0.3, -0.25) is 4.90 Å². The van der Waals surface area contributed by atoms with E-state index in [0.717, 1.165) is 31.6 Å². The summed E-state index contributed by atoms with van der Waals surface area (Å²) >= 11 is 0. The average Bonchev–Trinajstić information content (AvgIpc) is 2.81. The number of aromatic nitrogens is 3. The standard InChI is InChI=1S/C17H35N5O/c1-8-9-23-17(6,18)12-16(4,5)10-15-11-22(20-19-15)13-21(7)14(2)3/h11,14H,8-10,12-13,18H2,1-7H3. The summed E-state index contributed by atoms with van der Waals surface area (Å²) in [5.74, 6) is 0. The monoisotopic (exact) mass is 325 g/mol. The molecule has 134 valence electrons. The Bertz CT molecular complexity index is 467. The van der Waals surface area contributed by atoms with Crippen LogP contribution >= 0.6 is 0 Å². The van der Waals surface area contributed by atoms with Crippen LogP contribution in [0, 0.1) is 5.41 Å². The number of ether oxygens (including phenoxy) is 1. The molecule has 6 nitrogen and oxygen atoms in total. The SMILES string of the molecule is CCCOC(C)(N)CC(C)(C)Cc1cn(CN(C)C(C)C)nn1. The maximum atomic E-state index is 6.28. The molecule has 23 heavy (non-hydrogen) atoms. The predicted molar refractivity (Wildman–Crippen MR) is 93.9 cm³/mol. The summed E-state index contributed by atoms with van der Waals surface area (Å²) < 4.78 is 7.66. The Balaban J connectivity index is 2.62. The molecule has 0 aliphatic carbocycles. The molecule has 0 aliphatic rings. The van der Waals surface area contributed by atoms with Gasteiger partial charge in [0, 0.05) is 18.8 Å². The normalized spacial score (nSPS) is 15.4. The molecule has 1 rings (SSSR count). The highest BCUT2D eigenvalue weighted by Gasteiger charge is 2.31. The van der Waals surface area contributed by atoms with Gasteiger partial charge in [-0.25, -0.2) is 4.68 Å². The van der Waals surface area contributed by atoms with Gasteiger partial charge in [0.05, 0.1) is 12.4 Å². The topological polar surface area (TPSA) is 69.2 Å². The van der Waals surface area contributed by atoms with Gasteiger partial charge in [-0.1, -0.05) is 26.0 Å². The molecule has 0 aromatic carbocycles. The van der Waals surface area contributed by atoms with Crippen LogP contribution in [0.5, 0.6) is 0 Å². The number of rotatable bonds is 10. The molecule has 0 saturated heterocycles. The quantitative estimate of drug-likeness (QED) is 0.670. The van der Waals surface area contributed by atoms with Gasteiger partial charge in [-0.2, -0.15) is 0 Å². The van der Waals surface area contributed by atoms with Gasteiger partial charge in [0.2, 0.25) is 0 Å². The summed E-state index contributed by atoms with van der Waals surface area (Å²) in [5, 5.41) is 8.54. The summed E-state index contributed by atoms with van der Waals surface area (Å²) in [6, 6.07) is 0.479. The first-order valence-corrected chi connectivity index (χ1v) is 8.57. The lowest BCUT2D eigenvalue weighted by atomic mass is 9.81. The van der Waals surface area contributed by atoms with E-state index in [9.17, 15) is 0 Å². The molecule has 0 bridgehead atoms. The Morgan fingerprint density at radius 3 is 2.57 bits per heavy atom. The van der Waals surface area contributed by atoms with Crippen LogP contribution in [0.1, 0.15) is 60.1 Å². The maximum absolute atomic E-state index is 6.28. The van der Waals surface area contributed by atoms with Crippen molar-refractivity contribution in [1.29, 1.82) is 0 Å². The molecule has 6 heteroatoms. The molecule has 1 aromatic heterocycles. The van der Waals surface area contributed by atoms with Crippen molar-refractivity contribution in [3.8, 4) is 0 Å². The third kappa shape index (κ3) is 7.42. The minimum absolute atomic E-state index is 0.00204. The molecule has 1 aromatic rings. The second-order valence-electron chi connectivity index (χ2n) is 7.92. The van der Waals surface area contributed by atoms with E-state index in [1.807, 2.05) is 17.8 Å². The Morgan fingerprint density at radius 2 is 2.00 bits per heavy atom. The fraction of sp³-hybridized carbons (Fsp3) is 0.882. The van der Waals surface area contributed by atoms with E-state index >= 15 is 0 Å². The summed E-state index contributed by atoms with van der Waals surface area (Å²) in [5.41, 5.74) is 6.67. The lowest BCUT2D eigenvalue weighted by Gasteiger charge is -2.34. The van der Waals surface area contributed by atoms with Crippen molar-refractivity contribution in [1.82, 2.24) is 19.9 Å². The van der Waals surface area contributed by atoms with Crippen molar-refractivity contribution in [3.05, 3.63) is 11.9 Å². The highest BCUT2D eigenvalue weighted by atomic mass is 16.5. The summed E-state index contributed by atoms with van der Waals surface area (Å²) in [6.07, 6.45) is 4.62. The third-order valence-electron chi connectivity index (χ3n) is 3.96. The van der Waals surface area contributed by atoms with Crippen LogP contribution in [0.3, 0.4) is 0 Å². The van der Waals surface area contributed by atoms with Crippen molar-refractivity contribution < 1.29 is 4.74 Å². The molecule has 1 unspecified atom stereocenters. The first kappa shape index (κ1) is 20.1. The van der Waals surface area contributed by atoms with Crippen LogP contribution in [-0.4, -0.2) is 45.3 Å². The first-order valence-electron chi connectivity index (χ1n) is 8.57. The zero-order valence-corrected chi connectivity index (χ0v) is 16.0. The highest BCUT2D eigenvalue weighted by molar-refractivity contribution is 4.98. The van der Waals surface area contributed by atoms with Gasteiger partial charge in [-0.15, -0.1) is 5.10 Å². The molecule has 1 atom stereocenters. The van der Waals surface area contributed by atoms with Crippen molar-refractivity contribution in [3.63, 3.8) is 0 Å². The van der Waals surface area contributed by atoms with E-state index in [1.165, 1.54) is 0 Å². The molecule has 1 heterocycles. The number of nitrogens with two attached hydrogens (primary N) is 1. The summed E-state index contributed by atoms with van der Waals surface area (Å²) in [6.45, 7) is 14.2. The zero-order chi connectivity index (χ0) is 17.7. The molecule has 0 amide bonds. The minimum Gasteiger partial charge on any atom is -0.361 e. The lowest BCUT2D eigenvalue weighted by Crippen LogP contribution is -2.44. The van der Waals surface area contributed by atoms with E-state index in [2.05, 4.69) is 56.9 Å². The smallest absolute Gasteiger partial charge is 0.114 e. The highest BCUT2D eigenvalue weighted by Crippen LogP contribution is 2.30. The largest absolute Gasteiger partial charge is 0.361 e. The minimum atomic E-state index is -0.604. The van der Waals surface area contributed by atoms with Gasteiger partial charge in [0.15, 0.2) is 0 Å². The Kier molecular flexibility index (Phi) is 7.17. The second-order valence-corrected chi connectivity index (χ2v) is 7.92. The van der Waals surface area contributed by atoms with E-state index in [0.29, 0.717) is 12.6 Å². The number of hydrogen-bond acceptors (Lipinski definition) is 5. The van der Waals surface area contributed by atoms with Gasteiger partial charge >= 0.3 is 0 Å². The van der Waals surface area contributed by atoms with Crippen molar-refractivity contribution in [2.45, 2.75) is 79.2 Å². The molecule has 0 fully saturated rings. The predicted octanol–water partition coefficient (Wildman–Crippen LogP) is 2.64. The molecular formula is C17H35N5O. The van der Waals surface area contributed by atoms with E-state index < -0.39 is 5.72 Å². The van der Waals surface area contributed by atoms with Crippen molar-refractivity contribution in [2.24, 2.45) is 11.1 Å². The molecule has 0 aliphatic heterocycles. The molecule has 0 saturated carbocycles. The van der Waals surface area contributed by atoms with Gasteiger partial charge in [-0.05, 0) is 52.5 Å². The van der Waals surface area contributed by atoms with Crippen LogP contribution in [0.25, 0.3) is 0 Å². The lowest BCUT2D eigenvalue weighted by molar-refractivity contribution is -0.0548. The second kappa shape index (κ2) is 8.22. The van der Waals surface area contributed by atoms with Crippen molar-refractivity contribution >= 4 is 0 Å². The van der Waals surface area contributed by atoms with E-state index in [4.69, 9.17) is 10.5 Å². The van der Waals surface area contributed by atoms with E-state index in [1.54, 1.807) is 0 Å². The Morgan fingerprint density at radius 1 is 1.35 bits per heavy atom. The van der Waals surface area contributed by atoms with Gasteiger partial charge < -0.3 is 10.5 Å². The van der Waals surface area contributed by atoms with Crippen molar-refractivity contribution in [2.75, 3.05) is 13.7 Å². The van der Waals surface area contributed by atoms with Crippen LogP contribution in [0.4, 0.5) is 0 Å². The molecule has 0 spiro atoms. The fourth-order valence-electron chi connectivity index (χ4n) is 2.77. The van der Waals surface area contributed by atoms with Crippen LogP contribution in [-0.2, 0) is 17.8 Å². The third-order valence-corrected chi connectivity index (χ3v) is 3.96. The summed E-state index contributed by atoms with van der Waals surface area (Å²) in [4.78, 5) is 2.22. The molecule has 0 radical (unpaired) electrons. The molecule has 2 N–H and O–H groups in total. The van der Waals surface area contributed by atoms with Gasteiger partial charge in [0.1, 0.15) is 5.72 Å². The van der Waals surface area contributed by atoms with E-state index in [-0.39, 0.29) is 5.41 Å². The number of hydrogen-bond donors (Lipinski definition) is 1. The Labute approximate surface area is 141 Å². The summed E-state index contributed by atoms with van der Waals surface area (Å²) in [7, 11) is 2.08. The van der Waals surface area contributed by atoms with Crippen LogP contribution in [0.2, 0.25) is 0 Å². The Hall–Kier alpha value is -0.980. The number of nitrogens with zero attached hydrogens (tertiary/aromatic N) is 4. The fourth-order valence-corrected chi connectivity index (χ4v) is 2.77. The molecular weight excluding hydrogens is 290 g/mol. The van der Waals surface area contributed by atoms with Crippen LogP contribution < -0.4 is 5.73 Å². The zero-order valence-electron chi connectivity index (χ0n) is 16.0. The van der Waals surface area contributed by atoms with Gasteiger partial charge in [0.25, 0.3) is 0 Å². The average molecular weight is 326 g/mol.